The molecule has 0 bridgehead atoms. The smallest absolute Gasteiger partial charge is 0.0205 e. The second-order valence-electron chi connectivity index (χ2n) is 2.67. The summed E-state index contributed by atoms with van der Waals surface area (Å²) >= 11 is 0. The molecule has 1 saturated heterocycles. The molecule has 1 N–H and O–H groups in total. The van der Waals surface area contributed by atoms with Crippen LogP contribution in [0.4, 0.5) is 0 Å². The Hall–Kier alpha value is -0.820. The van der Waals surface area contributed by atoms with Crippen LogP contribution in [0.2, 0.25) is 0 Å². The van der Waals surface area contributed by atoms with Crippen LogP contribution in [0.3, 0.4) is 0 Å². The summed E-state index contributed by atoms with van der Waals surface area (Å²) < 4.78 is 0. The minimum atomic E-state index is 1.01. The average molecular weight is 149 g/mol. The van der Waals surface area contributed by atoms with E-state index in [4.69, 9.17) is 0 Å². The van der Waals surface area contributed by atoms with Crippen LogP contribution in [0.5, 0.6) is 0 Å². The van der Waals surface area contributed by atoms with Crippen molar-refractivity contribution >= 4 is 0 Å². The van der Waals surface area contributed by atoms with E-state index in [9.17, 15) is 0 Å². The monoisotopic (exact) mass is 149 g/mol. The van der Waals surface area contributed by atoms with Gasteiger partial charge < -0.3 is 5.32 Å². The number of nitrogens with one attached hydrogen (secondary N) is 1. The van der Waals surface area contributed by atoms with Crippen molar-refractivity contribution in [2.75, 3.05) is 13.1 Å². The average Bonchev–Trinajstić information content (AvgIpc) is 2.06. The summed E-state index contributed by atoms with van der Waals surface area (Å²) in [6.07, 6.45) is 7.27. The lowest BCUT2D eigenvalue weighted by molar-refractivity contribution is 0.682. The molecule has 1 fully saturated rings. The van der Waals surface area contributed by atoms with Crippen LogP contribution >= 0.6 is 0 Å². The predicted octanol–water partition coefficient (Wildman–Crippen LogP) is 2.04. The number of piperidine rings is 1. The fourth-order valence-electron chi connectivity index (χ4n) is 1.34. The molecule has 11 heavy (non-hydrogen) atoms. The summed E-state index contributed by atoms with van der Waals surface area (Å²) in [5, 5.41) is 3.33. The Bertz CT molecular complexity index is 199. The second-order valence-corrected chi connectivity index (χ2v) is 2.67. The molecule has 0 aromatic heterocycles. The van der Waals surface area contributed by atoms with Gasteiger partial charge in [-0.1, -0.05) is 24.8 Å². The third kappa shape index (κ3) is 2.05. The third-order valence-electron chi connectivity index (χ3n) is 1.97. The molecule has 60 valence electrons. The topological polar surface area (TPSA) is 12.0 Å². The highest BCUT2D eigenvalue weighted by atomic mass is 14.9. The van der Waals surface area contributed by atoms with E-state index in [1.54, 1.807) is 0 Å². The molecule has 0 spiro atoms. The Labute approximate surface area is 68.5 Å². The zero-order valence-corrected chi connectivity index (χ0v) is 7.06. The van der Waals surface area contributed by atoms with E-state index in [2.05, 4.69) is 31.0 Å². The third-order valence-corrected chi connectivity index (χ3v) is 1.97. The van der Waals surface area contributed by atoms with E-state index in [1.807, 2.05) is 6.08 Å². The fraction of sp³-hybridized carbons (Fsp3) is 0.400. The van der Waals surface area contributed by atoms with Crippen LogP contribution in [-0.4, -0.2) is 13.1 Å². The molecule has 1 heterocycles. The molecule has 1 heteroatoms. The Balaban J connectivity index is 2.74. The molecule has 1 aliphatic heterocycles. The van der Waals surface area contributed by atoms with Crippen LogP contribution in [0, 0.1) is 0 Å². The Kier molecular flexibility index (Phi) is 3.12. The number of hydrogen-bond acceptors (Lipinski definition) is 1. The first kappa shape index (κ1) is 8.28. The van der Waals surface area contributed by atoms with Crippen LogP contribution in [0.15, 0.2) is 36.0 Å². The van der Waals surface area contributed by atoms with Gasteiger partial charge in [-0.15, -0.1) is 0 Å². The van der Waals surface area contributed by atoms with Gasteiger partial charge in [0.2, 0.25) is 0 Å². The maximum Gasteiger partial charge on any atom is 0.0205 e. The molecule has 0 radical (unpaired) electrons. The molecular formula is C10H15N. The highest BCUT2D eigenvalue weighted by Gasteiger charge is 2.07. The SMILES string of the molecule is C=CC=C1CCNCC1=CC. The molecular weight excluding hydrogens is 134 g/mol. The van der Waals surface area contributed by atoms with Crippen molar-refractivity contribution < 1.29 is 0 Å². The molecule has 0 aromatic carbocycles. The van der Waals surface area contributed by atoms with E-state index >= 15 is 0 Å². The fourth-order valence-corrected chi connectivity index (χ4v) is 1.34. The summed E-state index contributed by atoms with van der Waals surface area (Å²) in [4.78, 5) is 0. The van der Waals surface area contributed by atoms with E-state index in [0.29, 0.717) is 0 Å². The normalized spacial score (nSPS) is 25.9. The van der Waals surface area contributed by atoms with Crippen molar-refractivity contribution in [2.45, 2.75) is 13.3 Å². The molecule has 0 aliphatic carbocycles. The molecule has 0 unspecified atom stereocenters. The van der Waals surface area contributed by atoms with Crippen LogP contribution < -0.4 is 5.32 Å². The molecule has 0 aromatic rings. The van der Waals surface area contributed by atoms with Gasteiger partial charge in [-0.2, -0.15) is 0 Å². The lowest BCUT2D eigenvalue weighted by atomic mass is 9.99. The van der Waals surface area contributed by atoms with Crippen molar-refractivity contribution in [2.24, 2.45) is 0 Å². The standard InChI is InChI=1S/C10H15N/c1-3-5-10-6-7-11-8-9(10)4-2/h3-5,11H,1,6-8H2,2H3. The Morgan fingerprint density at radius 1 is 1.45 bits per heavy atom. The van der Waals surface area contributed by atoms with Gasteiger partial charge in [0, 0.05) is 6.54 Å². The highest BCUT2D eigenvalue weighted by molar-refractivity contribution is 5.35. The zero-order valence-electron chi connectivity index (χ0n) is 7.06. The maximum absolute atomic E-state index is 3.70. The van der Waals surface area contributed by atoms with Gasteiger partial charge in [0.1, 0.15) is 0 Å². The summed E-state index contributed by atoms with van der Waals surface area (Å²) in [6.45, 7) is 7.89. The van der Waals surface area contributed by atoms with Gasteiger partial charge >= 0.3 is 0 Å². The summed E-state index contributed by atoms with van der Waals surface area (Å²) in [5.41, 5.74) is 2.84. The first-order chi connectivity index (χ1) is 5.38. The minimum absolute atomic E-state index is 1.01. The maximum atomic E-state index is 3.70. The summed E-state index contributed by atoms with van der Waals surface area (Å²) in [5.74, 6) is 0. The van der Waals surface area contributed by atoms with Crippen LogP contribution in [0.1, 0.15) is 13.3 Å². The lowest BCUT2D eigenvalue weighted by Crippen LogP contribution is -2.25. The number of rotatable bonds is 1. The van der Waals surface area contributed by atoms with Crippen molar-refractivity contribution in [1.82, 2.24) is 5.32 Å². The van der Waals surface area contributed by atoms with Gasteiger partial charge in [0.15, 0.2) is 0 Å². The van der Waals surface area contributed by atoms with Crippen molar-refractivity contribution in [1.29, 1.82) is 0 Å². The zero-order chi connectivity index (χ0) is 8.10. The first-order valence-electron chi connectivity index (χ1n) is 4.06. The quantitative estimate of drug-likeness (QED) is 0.601. The Morgan fingerprint density at radius 2 is 2.27 bits per heavy atom. The van der Waals surface area contributed by atoms with Crippen molar-refractivity contribution in [3.8, 4) is 0 Å². The van der Waals surface area contributed by atoms with Gasteiger partial charge in [-0.3, -0.25) is 0 Å². The van der Waals surface area contributed by atoms with E-state index in [0.717, 1.165) is 19.5 Å². The first-order valence-corrected chi connectivity index (χ1v) is 4.06. The number of hydrogen-bond donors (Lipinski definition) is 1. The van der Waals surface area contributed by atoms with Crippen molar-refractivity contribution in [3.63, 3.8) is 0 Å². The van der Waals surface area contributed by atoms with Crippen molar-refractivity contribution in [3.05, 3.63) is 36.0 Å². The van der Waals surface area contributed by atoms with E-state index in [1.165, 1.54) is 11.1 Å². The molecule has 0 saturated carbocycles. The lowest BCUT2D eigenvalue weighted by Gasteiger charge is -2.18. The summed E-state index contributed by atoms with van der Waals surface area (Å²) in [7, 11) is 0. The van der Waals surface area contributed by atoms with Crippen LogP contribution in [-0.2, 0) is 0 Å². The van der Waals surface area contributed by atoms with Gasteiger partial charge in [0.05, 0.1) is 0 Å². The minimum Gasteiger partial charge on any atom is -0.312 e. The number of allylic oxidation sites excluding steroid dienone is 3. The largest absolute Gasteiger partial charge is 0.312 e. The highest BCUT2D eigenvalue weighted by Crippen LogP contribution is 2.16. The predicted molar refractivity (Wildman–Crippen MR) is 49.5 cm³/mol. The molecule has 0 atom stereocenters. The van der Waals surface area contributed by atoms with Gasteiger partial charge in [-0.25, -0.2) is 0 Å². The molecule has 1 nitrogen and oxygen atoms in total. The van der Waals surface area contributed by atoms with E-state index < -0.39 is 0 Å². The Morgan fingerprint density at radius 3 is 2.91 bits per heavy atom. The van der Waals surface area contributed by atoms with Gasteiger partial charge in [0.25, 0.3) is 0 Å². The van der Waals surface area contributed by atoms with Gasteiger partial charge in [-0.05, 0) is 31.0 Å². The molecule has 1 aliphatic rings. The van der Waals surface area contributed by atoms with E-state index in [-0.39, 0.29) is 0 Å². The summed E-state index contributed by atoms with van der Waals surface area (Å²) in [6, 6.07) is 0. The molecule has 1 rings (SSSR count). The van der Waals surface area contributed by atoms with Crippen LogP contribution in [0.25, 0.3) is 0 Å². The second kappa shape index (κ2) is 4.14. The molecule has 0 amide bonds.